The minimum Gasteiger partial charge on any atom is -0.465 e. The molecule has 9 heteroatoms. The molecule has 132 valence electrons. The molecule has 1 amide bonds. The van der Waals surface area contributed by atoms with Crippen molar-refractivity contribution in [2.45, 2.75) is 20.3 Å². The Kier molecular flexibility index (Phi) is 11.2. The van der Waals surface area contributed by atoms with Gasteiger partial charge in [0.1, 0.15) is 0 Å². The van der Waals surface area contributed by atoms with Gasteiger partial charge in [-0.25, -0.2) is 4.79 Å². The molecule has 1 rings (SSSR count). The topological polar surface area (TPSA) is 98.8 Å². The lowest BCUT2D eigenvalue weighted by molar-refractivity contribution is -0.168. The van der Waals surface area contributed by atoms with E-state index in [1.807, 2.05) is 0 Å². The van der Waals surface area contributed by atoms with Crippen LogP contribution in [-0.2, 0) is 24.0 Å². The minimum atomic E-state index is -0.984. The van der Waals surface area contributed by atoms with Crippen molar-refractivity contribution in [3.8, 4) is 0 Å². The zero-order valence-electron chi connectivity index (χ0n) is 13.1. The van der Waals surface area contributed by atoms with E-state index in [4.69, 9.17) is 23.2 Å². The number of halogens is 2. The van der Waals surface area contributed by atoms with E-state index in [1.54, 1.807) is 43.6 Å². The normalized spacial score (nSPS) is 10.5. The maximum absolute atomic E-state index is 11.1. The van der Waals surface area contributed by atoms with E-state index in [2.05, 4.69) is 9.57 Å². The minimum absolute atomic E-state index is 0.198. The fraction of sp³-hybridized carbons (Fsp3) is 0.333. The number of carbonyl (C=O) groups is 4. The van der Waals surface area contributed by atoms with Crippen LogP contribution < -0.4 is 5.48 Å². The largest absolute Gasteiger partial charge is 0.465 e. The molecule has 0 radical (unpaired) electrons. The number of amides is 1. The number of benzene rings is 1. The summed E-state index contributed by atoms with van der Waals surface area (Å²) >= 11 is 10.7. The summed E-state index contributed by atoms with van der Waals surface area (Å²) in [5.74, 6) is -2.45. The van der Waals surface area contributed by atoms with E-state index in [0.717, 1.165) is 0 Å². The number of nitrogens with one attached hydrogen (secondary N) is 1. The SMILES string of the molecule is CCOC(=O)C(CC)C(=O)ONC=O.O=C(Cl)c1ccc(Cl)cc1. The van der Waals surface area contributed by atoms with Crippen molar-refractivity contribution in [2.24, 2.45) is 5.92 Å². The van der Waals surface area contributed by atoms with Crippen molar-refractivity contribution in [1.29, 1.82) is 0 Å². The van der Waals surface area contributed by atoms with Crippen LogP contribution in [0.3, 0.4) is 0 Å². The molecular weight excluding hydrogens is 361 g/mol. The smallest absolute Gasteiger partial charge is 0.346 e. The summed E-state index contributed by atoms with van der Waals surface area (Å²) < 4.78 is 4.64. The van der Waals surface area contributed by atoms with Gasteiger partial charge in [0.2, 0.25) is 6.41 Å². The summed E-state index contributed by atoms with van der Waals surface area (Å²) in [6.45, 7) is 3.48. The van der Waals surface area contributed by atoms with Crippen LogP contribution in [0.1, 0.15) is 30.6 Å². The van der Waals surface area contributed by atoms with Crippen molar-refractivity contribution >= 4 is 46.8 Å². The quantitative estimate of drug-likeness (QED) is 0.257. The van der Waals surface area contributed by atoms with Crippen LogP contribution in [0.2, 0.25) is 5.02 Å². The molecule has 0 aliphatic heterocycles. The second-order valence-electron chi connectivity index (χ2n) is 4.15. The van der Waals surface area contributed by atoms with E-state index >= 15 is 0 Å². The van der Waals surface area contributed by atoms with Gasteiger partial charge in [0, 0.05) is 10.6 Å². The Bertz CT molecular complexity index is 562. The first-order chi connectivity index (χ1) is 11.4. The molecule has 24 heavy (non-hydrogen) atoms. The van der Waals surface area contributed by atoms with Crippen molar-refractivity contribution in [1.82, 2.24) is 5.48 Å². The van der Waals surface area contributed by atoms with Crippen LogP contribution in [0.25, 0.3) is 0 Å². The molecule has 1 atom stereocenters. The predicted octanol–water partition coefficient (Wildman–Crippen LogP) is 2.50. The highest BCUT2D eigenvalue weighted by atomic mass is 35.5. The standard InChI is InChI=1S/C8H13NO5.C7H4Cl2O/c1-3-6(7(11)13-4-2)8(12)14-9-5-10;8-6-3-1-5(2-4-6)7(9)10/h5-6H,3-4H2,1-2H3,(H,9,10);1-4H. The molecular formula is C15H17Cl2NO6. The molecule has 1 N–H and O–H groups in total. The van der Waals surface area contributed by atoms with Crippen molar-refractivity contribution in [2.75, 3.05) is 6.61 Å². The number of hydrogen-bond donors (Lipinski definition) is 1. The third-order valence-corrected chi connectivity index (χ3v) is 3.01. The zero-order chi connectivity index (χ0) is 18.5. The summed E-state index contributed by atoms with van der Waals surface area (Å²) in [6.07, 6.45) is 0.466. The van der Waals surface area contributed by atoms with Gasteiger partial charge in [-0.1, -0.05) is 18.5 Å². The van der Waals surface area contributed by atoms with Crippen molar-refractivity contribution < 1.29 is 28.8 Å². The highest BCUT2D eigenvalue weighted by Gasteiger charge is 2.28. The van der Waals surface area contributed by atoms with E-state index in [1.165, 1.54) is 0 Å². The monoisotopic (exact) mass is 377 g/mol. The van der Waals surface area contributed by atoms with Gasteiger partial charge in [-0.2, -0.15) is 5.48 Å². The van der Waals surface area contributed by atoms with Gasteiger partial charge in [-0.3, -0.25) is 14.4 Å². The average Bonchev–Trinajstić information content (AvgIpc) is 2.55. The summed E-state index contributed by atoms with van der Waals surface area (Å²) in [6, 6.07) is 6.41. The Morgan fingerprint density at radius 1 is 1.17 bits per heavy atom. The number of hydrogen-bond acceptors (Lipinski definition) is 6. The summed E-state index contributed by atoms with van der Waals surface area (Å²) in [4.78, 5) is 46.8. The first kappa shape index (κ1) is 21.9. The van der Waals surface area contributed by atoms with Crippen molar-refractivity contribution in [3.63, 3.8) is 0 Å². The fourth-order valence-electron chi connectivity index (χ4n) is 1.41. The average molecular weight is 378 g/mol. The number of carbonyl (C=O) groups excluding carboxylic acids is 4. The first-order valence-corrected chi connectivity index (χ1v) is 7.64. The second kappa shape index (κ2) is 12.3. The van der Waals surface area contributed by atoms with Crippen LogP contribution in [0, 0.1) is 5.92 Å². The maximum atomic E-state index is 11.1. The predicted molar refractivity (Wildman–Crippen MR) is 87.3 cm³/mol. The first-order valence-electron chi connectivity index (χ1n) is 6.89. The molecule has 7 nitrogen and oxygen atoms in total. The molecule has 0 spiro atoms. The van der Waals surface area contributed by atoms with Crippen LogP contribution >= 0.6 is 23.2 Å². The number of ether oxygens (including phenoxy) is 1. The van der Waals surface area contributed by atoms with Crippen LogP contribution in [-0.4, -0.2) is 30.2 Å². The lowest BCUT2D eigenvalue weighted by atomic mass is 10.1. The summed E-state index contributed by atoms with van der Waals surface area (Å²) in [5, 5.41) is 0.137. The van der Waals surface area contributed by atoms with E-state index in [-0.39, 0.29) is 19.4 Å². The molecule has 0 heterocycles. The van der Waals surface area contributed by atoms with E-state index in [9.17, 15) is 19.2 Å². The molecule has 0 fully saturated rings. The summed E-state index contributed by atoms with van der Waals surface area (Å²) in [7, 11) is 0. The molecule has 0 saturated heterocycles. The zero-order valence-corrected chi connectivity index (χ0v) is 14.6. The molecule has 0 bridgehead atoms. The van der Waals surface area contributed by atoms with Gasteiger partial charge >= 0.3 is 11.9 Å². The second-order valence-corrected chi connectivity index (χ2v) is 4.93. The fourth-order valence-corrected chi connectivity index (χ4v) is 1.66. The van der Waals surface area contributed by atoms with E-state index in [0.29, 0.717) is 10.6 Å². The summed E-state index contributed by atoms with van der Waals surface area (Å²) in [5.41, 5.74) is 2.19. The Morgan fingerprint density at radius 3 is 2.17 bits per heavy atom. The molecule has 0 aromatic heterocycles. The Hall–Kier alpha value is -2.12. The molecule has 1 aromatic rings. The van der Waals surface area contributed by atoms with Crippen LogP contribution in [0.4, 0.5) is 0 Å². The molecule has 0 aliphatic carbocycles. The van der Waals surface area contributed by atoms with Crippen LogP contribution in [0.15, 0.2) is 24.3 Å². The lowest BCUT2D eigenvalue weighted by Crippen LogP contribution is -2.31. The van der Waals surface area contributed by atoms with E-state index < -0.39 is 23.1 Å². The highest BCUT2D eigenvalue weighted by molar-refractivity contribution is 6.67. The maximum Gasteiger partial charge on any atom is 0.346 e. The molecule has 0 saturated carbocycles. The van der Waals surface area contributed by atoms with Gasteiger partial charge in [-0.05, 0) is 49.2 Å². The van der Waals surface area contributed by atoms with Gasteiger partial charge in [0.05, 0.1) is 6.61 Å². The molecule has 1 aromatic carbocycles. The Morgan fingerprint density at radius 2 is 1.75 bits per heavy atom. The van der Waals surface area contributed by atoms with Gasteiger partial charge < -0.3 is 9.57 Å². The number of hydroxylamine groups is 1. The highest BCUT2D eigenvalue weighted by Crippen LogP contribution is 2.10. The van der Waals surface area contributed by atoms with Gasteiger partial charge in [-0.15, -0.1) is 0 Å². The van der Waals surface area contributed by atoms with Gasteiger partial charge in [0.25, 0.3) is 5.24 Å². The van der Waals surface area contributed by atoms with Gasteiger partial charge in [0.15, 0.2) is 5.92 Å². The Labute approximate surface area is 149 Å². The third kappa shape index (κ3) is 8.50. The Balaban J connectivity index is 0.000000463. The number of esters is 1. The molecule has 0 aliphatic rings. The lowest BCUT2D eigenvalue weighted by Gasteiger charge is -2.10. The number of rotatable bonds is 7. The van der Waals surface area contributed by atoms with Crippen LogP contribution in [0.5, 0.6) is 0 Å². The third-order valence-electron chi connectivity index (χ3n) is 2.54. The molecule has 1 unspecified atom stereocenters. The van der Waals surface area contributed by atoms with Crippen molar-refractivity contribution in [3.05, 3.63) is 34.9 Å².